The van der Waals surface area contributed by atoms with Gasteiger partial charge in [-0.3, -0.25) is 0 Å². The van der Waals surface area contributed by atoms with Gasteiger partial charge < -0.3 is 5.11 Å². The maximum Gasteiger partial charge on any atom is 0.0796 e. The molecule has 0 fully saturated rings. The van der Waals surface area contributed by atoms with Gasteiger partial charge in [0, 0.05) is 5.02 Å². The number of aliphatic hydroxyl groups is 1. The van der Waals surface area contributed by atoms with Crippen LogP contribution >= 0.6 is 11.6 Å². The lowest BCUT2D eigenvalue weighted by Crippen LogP contribution is -2.00. The van der Waals surface area contributed by atoms with Gasteiger partial charge in [0.05, 0.1) is 6.10 Å². The lowest BCUT2D eigenvalue weighted by atomic mass is 9.98. The molecule has 0 aliphatic carbocycles. The van der Waals surface area contributed by atoms with E-state index >= 15 is 0 Å². The summed E-state index contributed by atoms with van der Waals surface area (Å²) in [6.07, 6.45) is 1.10. The molecule has 1 rings (SSSR count). The third kappa shape index (κ3) is 3.37. The van der Waals surface area contributed by atoms with Crippen molar-refractivity contribution in [3.8, 4) is 0 Å². The molecule has 0 bridgehead atoms. The van der Waals surface area contributed by atoms with Crippen molar-refractivity contribution in [3.05, 3.63) is 46.5 Å². The van der Waals surface area contributed by atoms with Crippen LogP contribution < -0.4 is 0 Å². The number of hydrogen-bond donors (Lipinski definition) is 1. The Bertz CT molecular complexity index is 358. The lowest BCUT2D eigenvalue weighted by Gasteiger charge is -2.14. The van der Waals surface area contributed by atoms with Crippen molar-refractivity contribution < 1.29 is 5.11 Å². The lowest BCUT2D eigenvalue weighted by molar-refractivity contribution is 0.167. The van der Waals surface area contributed by atoms with Gasteiger partial charge in [0.1, 0.15) is 0 Å². The second-order valence-corrected chi connectivity index (χ2v) is 4.37. The highest BCUT2D eigenvalue weighted by molar-refractivity contribution is 6.31. The standard InChI is InChI=1S/C13H17ClO/c1-9(2)7-8-13(15)11-5-4-6-12(14)10(11)3/h4-6,13,15H,1,7-8H2,2-3H3. The molecule has 0 radical (unpaired) electrons. The van der Waals surface area contributed by atoms with Crippen LogP contribution in [0.15, 0.2) is 30.4 Å². The average molecular weight is 225 g/mol. The number of halogens is 1. The van der Waals surface area contributed by atoms with Crippen molar-refractivity contribution >= 4 is 11.6 Å². The topological polar surface area (TPSA) is 20.2 Å². The fourth-order valence-corrected chi connectivity index (χ4v) is 1.71. The summed E-state index contributed by atoms with van der Waals surface area (Å²) in [6, 6.07) is 5.63. The van der Waals surface area contributed by atoms with E-state index in [0.717, 1.165) is 23.1 Å². The van der Waals surface area contributed by atoms with Gasteiger partial charge in [0.25, 0.3) is 0 Å². The van der Waals surface area contributed by atoms with E-state index in [1.54, 1.807) is 0 Å². The van der Waals surface area contributed by atoms with Crippen molar-refractivity contribution in [1.29, 1.82) is 0 Å². The van der Waals surface area contributed by atoms with Crippen LogP contribution in [0, 0.1) is 6.92 Å². The molecule has 15 heavy (non-hydrogen) atoms. The molecular weight excluding hydrogens is 208 g/mol. The number of rotatable bonds is 4. The van der Waals surface area contributed by atoms with Gasteiger partial charge in [-0.05, 0) is 43.9 Å². The summed E-state index contributed by atoms with van der Waals surface area (Å²) in [5.74, 6) is 0. The maximum atomic E-state index is 9.97. The summed E-state index contributed by atoms with van der Waals surface area (Å²) >= 11 is 5.99. The molecule has 1 aromatic rings. The molecule has 0 aliphatic rings. The number of benzene rings is 1. The Morgan fingerprint density at radius 3 is 2.80 bits per heavy atom. The molecule has 1 aromatic carbocycles. The van der Waals surface area contributed by atoms with E-state index in [4.69, 9.17) is 11.6 Å². The third-order valence-electron chi connectivity index (χ3n) is 2.51. The fourth-order valence-electron chi connectivity index (χ4n) is 1.52. The first-order chi connectivity index (χ1) is 7.02. The van der Waals surface area contributed by atoms with Crippen molar-refractivity contribution in [2.24, 2.45) is 0 Å². The largest absolute Gasteiger partial charge is 0.388 e. The summed E-state index contributed by atoms with van der Waals surface area (Å²) in [7, 11) is 0. The Labute approximate surface area is 96.4 Å². The van der Waals surface area contributed by atoms with Gasteiger partial charge in [-0.25, -0.2) is 0 Å². The van der Waals surface area contributed by atoms with Crippen LogP contribution in [-0.4, -0.2) is 5.11 Å². The van der Waals surface area contributed by atoms with Crippen molar-refractivity contribution in [2.45, 2.75) is 32.8 Å². The highest BCUT2D eigenvalue weighted by atomic mass is 35.5. The zero-order valence-electron chi connectivity index (χ0n) is 9.26. The quantitative estimate of drug-likeness (QED) is 0.766. The first kappa shape index (κ1) is 12.3. The molecule has 0 saturated heterocycles. The fraction of sp³-hybridized carbons (Fsp3) is 0.385. The first-order valence-electron chi connectivity index (χ1n) is 5.10. The third-order valence-corrected chi connectivity index (χ3v) is 2.92. The van der Waals surface area contributed by atoms with E-state index in [9.17, 15) is 5.11 Å². The smallest absolute Gasteiger partial charge is 0.0796 e. The second kappa shape index (κ2) is 5.34. The zero-order valence-corrected chi connectivity index (χ0v) is 10.0. The van der Waals surface area contributed by atoms with Gasteiger partial charge in [0.15, 0.2) is 0 Å². The van der Waals surface area contributed by atoms with Crippen LogP contribution in [0.25, 0.3) is 0 Å². The Hall–Kier alpha value is -0.790. The Morgan fingerprint density at radius 2 is 2.20 bits per heavy atom. The summed E-state index contributed by atoms with van der Waals surface area (Å²) in [5, 5.41) is 10.7. The Balaban J connectivity index is 2.77. The summed E-state index contributed by atoms with van der Waals surface area (Å²) in [5.41, 5.74) is 2.98. The van der Waals surface area contributed by atoms with Crippen LogP contribution in [0.5, 0.6) is 0 Å². The molecule has 82 valence electrons. The predicted molar refractivity (Wildman–Crippen MR) is 65.2 cm³/mol. The molecule has 0 spiro atoms. The van der Waals surface area contributed by atoms with Gasteiger partial charge in [-0.15, -0.1) is 6.58 Å². The predicted octanol–water partition coefficient (Wildman–Crippen LogP) is 4.04. The van der Waals surface area contributed by atoms with Crippen LogP contribution in [0.4, 0.5) is 0 Å². The SMILES string of the molecule is C=C(C)CCC(O)c1cccc(Cl)c1C. The summed E-state index contributed by atoms with van der Waals surface area (Å²) in [4.78, 5) is 0. The molecule has 1 nitrogen and oxygen atoms in total. The molecule has 1 unspecified atom stereocenters. The van der Waals surface area contributed by atoms with E-state index in [1.807, 2.05) is 32.0 Å². The second-order valence-electron chi connectivity index (χ2n) is 3.97. The van der Waals surface area contributed by atoms with Crippen molar-refractivity contribution in [1.82, 2.24) is 0 Å². The Kier molecular flexibility index (Phi) is 4.37. The van der Waals surface area contributed by atoms with Crippen LogP contribution in [0.1, 0.15) is 37.0 Å². The minimum absolute atomic E-state index is 0.444. The minimum atomic E-state index is -0.444. The van der Waals surface area contributed by atoms with Crippen LogP contribution in [0.2, 0.25) is 5.02 Å². The minimum Gasteiger partial charge on any atom is -0.388 e. The number of allylic oxidation sites excluding steroid dienone is 1. The molecule has 0 saturated carbocycles. The van der Waals surface area contributed by atoms with Gasteiger partial charge in [0.2, 0.25) is 0 Å². The molecule has 2 heteroatoms. The highest BCUT2D eigenvalue weighted by Crippen LogP contribution is 2.27. The van der Waals surface area contributed by atoms with E-state index in [-0.39, 0.29) is 0 Å². The first-order valence-corrected chi connectivity index (χ1v) is 5.47. The molecule has 0 amide bonds. The molecular formula is C13H17ClO. The number of aliphatic hydroxyl groups excluding tert-OH is 1. The average Bonchev–Trinajstić information content (AvgIpc) is 2.18. The maximum absolute atomic E-state index is 9.97. The van der Waals surface area contributed by atoms with E-state index in [1.165, 1.54) is 0 Å². The molecule has 1 N–H and O–H groups in total. The van der Waals surface area contributed by atoms with E-state index in [2.05, 4.69) is 6.58 Å². The summed E-state index contributed by atoms with van der Waals surface area (Å²) < 4.78 is 0. The van der Waals surface area contributed by atoms with E-state index < -0.39 is 6.10 Å². The normalized spacial score (nSPS) is 12.5. The molecule has 0 heterocycles. The van der Waals surface area contributed by atoms with Gasteiger partial charge in [-0.1, -0.05) is 29.3 Å². The van der Waals surface area contributed by atoms with Crippen molar-refractivity contribution in [3.63, 3.8) is 0 Å². The van der Waals surface area contributed by atoms with Crippen LogP contribution in [-0.2, 0) is 0 Å². The van der Waals surface area contributed by atoms with Crippen LogP contribution in [0.3, 0.4) is 0 Å². The zero-order chi connectivity index (χ0) is 11.4. The summed E-state index contributed by atoms with van der Waals surface area (Å²) in [6.45, 7) is 7.73. The van der Waals surface area contributed by atoms with Crippen molar-refractivity contribution in [2.75, 3.05) is 0 Å². The molecule has 0 aliphatic heterocycles. The highest BCUT2D eigenvalue weighted by Gasteiger charge is 2.11. The van der Waals surface area contributed by atoms with E-state index in [0.29, 0.717) is 11.4 Å². The molecule has 0 aromatic heterocycles. The van der Waals surface area contributed by atoms with Gasteiger partial charge in [-0.2, -0.15) is 0 Å². The Morgan fingerprint density at radius 1 is 1.53 bits per heavy atom. The monoisotopic (exact) mass is 224 g/mol. The van der Waals surface area contributed by atoms with Gasteiger partial charge >= 0.3 is 0 Å². The molecule has 1 atom stereocenters. The number of hydrogen-bond acceptors (Lipinski definition) is 1.